The molecule has 0 aromatic carbocycles. The fourth-order valence-corrected chi connectivity index (χ4v) is 1.39. The lowest BCUT2D eigenvalue weighted by Gasteiger charge is -2.09. The Balaban J connectivity index is 3.42. The highest BCUT2D eigenvalue weighted by Crippen LogP contribution is 2.27. The van der Waals surface area contributed by atoms with Crippen LogP contribution in [0, 0.1) is 11.3 Å². The Morgan fingerprint density at radius 2 is 2.35 bits per heavy atom. The largest absolute Gasteiger partial charge is 0.461 e. The van der Waals surface area contributed by atoms with Crippen LogP contribution in [-0.2, 0) is 4.74 Å². The second kappa shape index (κ2) is 5.55. The molecule has 1 aromatic heterocycles. The van der Waals surface area contributed by atoms with Crippen molar-refractivity contribution < 1.29 is 18.3 Å². The van der Waals surface area contributed by atoms with Gasteiger partial charge in [-0.05, 0) is 13.0 Å². The number of carbonyl (C=O) groups excluding carboxylic acids is 1. The predicted octanol–water partition coefficient (Wildman–Crippen LogP) is 2.72. The molecule has 0 radical (unpaired) electrons. The van der Waals surface area contributed by atoms with E-state index < -0.39 is 23.7 Å². The summed E-state index contributed by atoms with van der Waals surface area (Å²) in [5.41, 5.74) is -1.76. The molecule has 0 saturated heterocycles. The molecule has 4 nitrogen and oxygen atoms in total. The summed E-state index contributed by atoms with van der Waals surface area (Å²) in [5, 5.41) is 8.49. The van der Waals surface area contributed by atoms with E-state index in [1.165, 1.54) is 6.92 Å². The average Bonchev–Trinajstić information content (AvgIpc) is 2.27. The second-order valence-electron chi connectivity index (χ2n) is 2.89. The number of hydrogen-bond donors (Lipinski definition) is 0. The number of nitrogens with zero attached hydrogens (tertiary/aromatic N) is 2. The van der Waals surface area contributed by atoms with Crippen LogP contribution < -0.4 is 0 Å². The minimum Gasteiger partial charge on any atom is -0.461 e. The van der Waals surface area contributed by atoms with Crippen molar-refractivity contribution in [2.75, 3.05) is 6.61 Å². The van der Waals surface area contributed by atoms with Crippen LogP contribution in [0.1, 0.15) is 35.0 Å². The first kappa shape index (κ1) is 13.3. The molecule has 0 aliphatic carbocycles. The first-order chi connectivity index (χ1) is 8.01. The van der Waals surface area contributed by atoms with E-state index in [1.807, 2.05) is 0 Å². The maximum absolute atomic E-state index is 12.8. The monoisotopic (exact) mass is 260 g/mol. The molecule has 0 atom stereocenters. The number of alkyl halides is 2. The highest BCUT2D eigenvalue weighted by molar-refractivity contribution is 6.29. The zero-order chi connectivity index (χ0) is 13.0. The molecule has 0 fully saturated rings. The van der Waals surface area contributed by atoms with Crippen LogP contribution in [0.5, 0.6) is 0 Å². The van der Waals surface area contributed by atoms with Crippen molar-refractivity contribution in [3.05, 3.63) is 28.0 Å². The number of halogens is 3. The Morgan fingerprint density at radius 1 is 1.71 bits per heavy atom. The van der Waals surface area contributed by atoms with Gasteiger partial charge in [-0.15, -0.1) is 0 Å². The Bertz CT molecular complexity index is 486. The Labute approximate surface area is 101 Å². The molecule has 1 heterocycles. The number of hydrogen-bond acceptors (Lipinski definition) is 4. The van der Waals surface area contributed by atoms with E-state index in [0.717, 1.165) is 6.07 Å². The highest BCUT2D eigenvalue weighted by Gasteiger charge is 2.25. The quantitative estimate of drug-likeness (QED) is 0.619. The van der Waals surface area contributed by atoms with E-state index in [1.54, 1.807) is 6.07 Å². The van der Waals surface area contributed by atoms with Crippen molar-refractivity contribution in [2.24, 2.45) is 0 Å². The van der Waals surface area contributed by atoms with Gasteiger partial charge >= 0.3 is 5.97 Å². The summed E-state index contributed by atoms with van der Waals surface area (Å²) in [7, 11) is 0. The second-order valence-corrected chi connectivity index (χ2v) is 3.28. The number of pyridine rings is 1. The van der Waals surface area contributed by atoms with E-state index >= 15 is 0 Å². The molecule has 17 heavy (non-hydrogen) atoms. The van der Waals surface area contributed by atoms with E-state index in [0.29, 0.717) is 0 Å². The van der Waals surface area contributed by atoms with Crippen molar-refractivity contribution in [1.82, 2.24) is 4.98 Å². The Hall–Kier alpha value is -1.74. The molecule has 7 heteroatoms. The molecule has 0 aliphatic rings. The molecular weight excluding hydrogens is 254 g/mol. The zero-order valence-corrected chi connectivity index (χ0v) is 9.46. The minimum absolute atomic E-state index is 0.0115. The molecule has 1 aromatic rings. The van der Waals surface area contributed by atoms with E-state index in [2.05, 4.69) is 9.72 Å². The normalized spacial score (nSPS) is 10.1. The van der Waals surface area contributed by atoms with Gasteiger partial charge in [0.2, 0.25) is 0 Å². The lowest BCUT2D eigenvalue weighted by atomic mass is 10.1. The smallest absolute Gasteiger partial charge is 0.357 e. The van der Waals surface area contributed by atoms with Gasteiger partial charge in [-0.2, -0.15) is 5.26 Å². The van der Waals surface area contributed by atoms with Crippen LogP contribution in [0.25, 0.3) is 0 Å². The van der Waals surface area contributed by atoms with Gasteiger partial charge in [0.05, 0.1) is 23.8 Å². The molecule has 0 unspecified atom stereocenters. The summed E-state index contributed by atoms with van der Waals surface area (Å²) in [5.74, 6) is -1.03. The average molecular weight is 261 g/mol. The molecule has 0 bridgehead atoms. The van der Waals surface area contributed by atoms with Crippen molar-refractivity contribution in [3.8, 4) is 6.07 Å². The van der Waals surface area contributed by atoms with E-state index in [-0.39, 0.29) is 17.3 Å². The van der Waals surface area contributed by atoms with Crippen molar-refractivity contribution >= 4 is 17.6 Å². The van der Waals surface area contributed by atoms with Gasteiger partial charge in [0.15, 0.2) is 5.69 Å². The first-order valence-corrected chi connectivity index (χ1v) is 4.94. The summed E-state index contributed by atoms with van der Waals surface area (Å²) in [4.78, 5) is 14.9. The number of carbonyl (C=O) groups is 1. The first-order valence-electron chi connectivity index (χ1n) is 4.57. The van der Waals surface area contributed by atoms with Crippen molar-refractivity contribution in [1.29, 1.82) is 5.26 Å². The number of aromatic nitrogens is 1. The predicted molar refractivity (Wildman–Crippen MR) is 54.9 cm³/mol. The molecule has 90 valence electrons. The molecule has 0 aliphatic heterocycles. The molecular formula is C10H7ClF2N2O2. The van der Waals surface area contributed by atoms with Gasteiger partial charge in [-0.25, -0.2) is 18.6 Å². The fraction of sp³-hybridized carbons (Fsp3) is 0.300. The molecule has 0 amide bonds. The van der Waals surface area contributed by atoms with E-state index in [4.69, 9.17) is 16.9 Å². The van der Waals surface area contributed by atoms with Crippen LogP contribution in [-0.4, -0.2) is 17.6 Å². The van der Waals surface area contributed by atoms with Gasteiger partial charge in [-0.3, -0.25) is 0 Å². The van der Waals surface area contributed by atoms with Gasteiger partial charge in [-0.1, -0.05) is 11.6 Å². The van der Waals surface area contributed by atoms with Crippen LogP contribution >= 0.6 is 11.6 Å². The Kier molecular flexibility index (Phi) is 4.35. The summed E-state index contributed by atoms with van der Waals surface area (Å²) in [6.45, 7) is 1.54. The van der Waals surface area contributed by atoms with Gasteiger partial charge < -0.3 is 4.74 Å². The van der Waals surface area contributed by atoms with Crippen molar-refractivity contribution in [2.45, 2.75) is 13.3 Å². The molecule has 1 rings (SSSR count). The zero-order valence-electron chi connectivity index (χ0n) is 8.71. The third-order valence-electron chi connectivity index (χ3n) is 1.83. The maximum atomic E-state index is 12.8. The van der Waals surface area contributed by atoms with E-state index in [9.17, 15) is 13.6 Å². The Morgan fingerprint density at radius 3 is 2.82 bits per heavy atom. The summed E-state index contributed by atoms with van der Waals surface area (Å²) < 4.78 is 30.1. The lowest BCUT2D eigenvalue weighted by molar-refractivity contribution is 0.0507. The van der Waals surface area contributed by atoms with Crippen LogP contribution in [0.4, 0.5) is 8.78 Å². The van der Waals surface area contributed by atoms with Gasteiger partial charge in [0, 0.05) is 0 Å². The molecule has 0 spiro atoms. The fourth-order valence-electron chi connectivity index (χ4n) is 1.19. The maximum Gasteiger partial charge on any atom is 0.357 e. The standard InChI is InChI=1S/C10H7ClF2N2O2/c1-2-17-10(16)8-7(9(12)13)5(4-14)3-6(11)15-8/h3,9H,2H2,1H3. The molecule has 0 N–H and O–H groups in total. The van der Waals surface area contributed by atoms with Crippen LogP contribution in [0.3, 0.4) is 0 Å². The topological polar surface area (TPSA) is 63.0 Å². The third kappa shape index (κ3) is 2.88. The molecule has 0 saturated carbocycles. The summed E-state index contributed by atoms with van der Waals surface area (Å²) >= 11 is 5.53. The third-order valence-corrected chi connectivity index (χ3v) is 2.03. The highest BCUT2D eigenvalue weighted by atomic mass is 35.5. The number of rotatable bonds is 3. The number of esters is 1. The minimum atomic E-state index is -3.01. The van der Waals surface area contributed by atoms with Crippen LogP contribution in [0.15, 0.2) is 6.07 Å². The SMILES string of the molecule is CCOC(=O)c1nc(Cl)cc(C#N)c1C(F)F. The summed E-state index contributed by atoms with van der Waals surface area (Å²) in [6, 6.07) is 2.52. The van der Waals surface area contributed by atoms with Gasteiger partial charge in [0.25, 0.3) is 6.43 Å². The van der Waals surface area contributed by atoms with Crippen LogP contribution in [0.2, 0.25) is 5.15 Å². The van der Waals surface area contributed by atoms with Gasteiger partial charge in [0.1, 0.15) is 5.15 Å². The van der Waals surface area contributed by atoms with Crippen molar-refractivity contribution in [3.63, 3.8) is 0 Å². The summed E-state index contributed by atoms with van der Waals surface area (Å²) in [6.07, 6.45) is -3.01. The number of ether oxygens (including phenoxy) is 1. The lowest BCUT2D eigenvalue weighted by Crippen LogP contribution is -2.12. The number of nitriles is 1.